The molecule has 0 spiro atoms. The molecule has 4 N–H and O–H groups in total. The number of aliphatic carboxylic acids is 1. The third-order valence-corrected chi connectivity index (χ3v) is 4.66. The van der Waals surface area contributed by atoms with E-state index < -0.39 is 18.1 Å². The lowest BCUT2D eigenvalue weighted by molar-refractivity contribution is -0.139. The third kappa shape index (κ3) is 2.54. The minimum Gasteiger partial charge on any atom is -0.733 e. The highest BCUT2D eigenvalue weighted by atomic mass is 16.8. The van der Waals surface area contributed by atoms with Gasteiger partial charge in [-0.15, -0.1) is 0 Å². The first-order valence-electron chi connectivity index (χ1n) is 7.89. The molecule has 0 saturated carbocycles. The predicted molar refractivity (Wildman–Crippen MR) is 92.5 cm³/mol. The lowest BCUT2D eigenvalue weighted by Crippen LogP contribution is -2.45. The monoisotopic (exact) mass is 338 g/mol. The SMILES string of the molecule is O=C(O)C1Cc2c([nH]c3ccccc23)C(c2ccccc2N([O-])O)N1. The lowest BCUT2D eigenvalue weighted by atomic mass is 9.89. The number of anilines is 1. The van der Waals surface area contributed by atoms with Crippen LogP contribution >= 0.6 is 0 Å². The van der Waals surface area contributed by atoms with Gasteiger partial charge in [-0.05, 0) is 23.3 Å². The molecule has 0 bridgehead atoms. The largest absolute Gasteiger partial charge is 0.733 e. The lowest BCUT2D eigenvalue weighted by Gasteiger charge is -2.33. The smallest absolute Gasteiger partial charge is 0.321 e. The predicted octanol–water partition coefficient (Wildman–Crippen LogP) is 2.55. The van der Waals surface area contributed by atoms with Gasteiger partial charge in [0.05, 0.1) is 11.7 Å². The number of carboxylic acid groups (broad SMARTS) is 1. The molecule has 0 fully saturated rings. The van der Waals surface area contributed by atoms with Crippen molar-refractivity contribution in [3.63, 3.8) is 0 Å². The van der Waals surface area contributed by atoms with E-state index in [0.717, 1.165) is 22.2 Å². The average Bonchev–Trinajstić information content (AvgIpc) is 2.99. The van der Waals surface area contributed by atoms with Crippen molar-refractivity contribution in [1.29, 1.82) is 0 Å². The van der Waals surface area contributed by atoms with Gasteiger partial charge in [-0.3, -0.25) is 15.3 Å². The van der Waals surface area contributed by atoms with E-state index in [1.807, 2.05) is 24.3 Å². The number of H-pyrrole nitrogens is 1. The van der Waals surface area contributed by atoms with Crippen LogP contribution < -0.4 is 10.5 Å². The van der Waals surface area contributed by atoms with E-state index >= 15 is 0 Å². The molecule has 0 radical (unpaired) electrons. The second kappa shape index (κ2) is 5.89. The molecule has 1 aromatic heterocycles. The molecule has 1 aliphatic heterocycles. The maximum Gasteiger partial charge on any atom is 0.321 e. The Labute approximate surface area is 143 Å². The molecule has 25 heavy (non-hydrogen) atoms. The van der Waals surface area contributed by atoms with E-state index in [0.29, 0.717) is 12.0 Å². The van der Waals surface area contributed by atoms with Crippen molar-refractivity contribution in [1.82, 2.24) is 10.3 Å². The summed E-state index contributed by atoms with van der Waals surface area (Å²) in [6.45, 7) is 0. The Kier molecular flexibility index (Phi) is 3.69. The number of hydrogen-bond donors (Lipinski definition) is 4. The second-order valence-electron chi connectivity index (χ2n) is 6.09. The van der Waals surface area contributed by atoms with Gasteiger partial charge in [0.25, 0.3) is 0 Å². The highest BCUT2D eigenvalue weighted by Crippen LogP contribution is 2.38. The van der Waals surface area contributed by atoms with Gasteiger partial charge in [0.2, 0.25) is 0 Å². The van der Waals surface area contributed by atoms with Crippen LogP contribution in [0.25, 0.3) is 10.9 Å². The van der Waals surface area contributed by atoms with Crippen molar-refractivity contribution in [3.8, 4) is 0 Å². The number of para-hydroxylation sites is 2. The molecule has 1 aliphatic rings. The van der Waals surface area contributed by atoms with E-state index in [9.17, 15) is 20.3 Å². The van der Waals surface area contributed by atoms with Crippen molar-refractivity contribution < 1.29 is 15.1 Å². The van der Waals surface area contributed by atoms with Crippen LogP contribution in [0.4, 0.5) is 5.69 Å². The molecule has 0 aliphatic carbocycles. The molecule has 3 aromatic rings. The first-order chi connectivity index (χ1) is 12.1. The first kappa shape index (κ1) is 15.6. The number of aromatic nitrogens is 1. The highest BCUT2D eigenvalue weighted by Gasteiger charge is 2.34. The van der Waals surface area contributed by atoms with Crippen LogP contribution in [0, 0.1) is 5.21 Å². The maximum absolute atomic E-state index is 11.6. The van der Waals surface area contributed by atoms with Crippen molar-refractivity contribution >= 4 is 22.6 Å². The zero-order valence-electron chi connectivity index (χ0n) is 13.1. The minimum absolute atomic E-state index is 0.0793. The topological polar surface area (TPSA) is 112 Å². The van der Waals surface area contributed by atoms with Crippen LogP contribution in [0.2, 0.25) is 0 Å². The van der Waals surface area contributed by atoms with Crippen LogP contribution in [0.5, 0.6) is 0 Å². The van der Waals surface area contributed by atoms with Gasteiger partial charge in [0, 0.05) is 23.0 Å². The number of benzene rings is 2. The Balaban J connectivity index is 1.93. The van der Waals surface area contributed by atoms with E-state index in [2.05, 4.69) is 10.3 Å². The van der Waals surface area contributed by atoms with Gasteiger partial charge in [-0.25, -0.2) is 0 Å². The number of nitrogens with one attached hydrogen (secondary N) is 2. The summed E-state index contributed by atoms with van der Waals surface area (Å²) in [5.74, 6) is -0.957. The van der Waals surface area contributed by atoms with Gasteiger partial charge >= 0.3 is 5.97 Å². The number of nitrogens with zero attached hydrogens (tertiary/aromatic N) is 1. The van der Waals surface area contributed by atoms with Crippen molar-refractivity contribution in [2.24, 2.45) is 0 Å². The Bertz CT molecular complexity index is 950. The molecular formula is C18H16N3O4-. The van der Waals surface area contributed by atoms with Crippen LogP contribution in [0.1, 0.15) is 22.9 Å². The zero-order chi connectivity index (χ0) is 17.6. The molecule has 2 unspecified atom stereocenters. The maximum atomic E-state index is 11.6. The molecule has 2 heterocycles. The number of hydrogen-bond acceptors (Lipinski definition) is 5. The number of carbonyl (C=O) groups is 1. The van der Waals surface area contributed by atoms with Crippen LogP contribution in [0.15, 0.2) is 48.5 Å². The fourth-order valence-electron chi connectivity index (χ4n) is 3.54. The summed E-state index contributed by atoms with van der Waals surface area (Å²) in [7, 11) is 0. The van der Waals surface area contributed by atoms with Crippen molar-refractivity contribution in [2.45, 2.75) is 18.5 Å². The molecule has 2 aromatic carbocycles. The third-order valence-electron chi connectivity index (χ3n) is 4.66. The van der Waals surface area contributed by atoms with E-state index in [1.165, 1.54) is 6.07 Å². The van der Waals surface area contributed by atoms with Crippen LogP contribution in [-0.4, -0.2) is 27.3 Å². The Hall–Kier alpha value is -2.87. The van der Waals surface area contributed by atoms with E-state index in [-0.39, 0.29) is 10.9 Å². The molecule has 7 nitrogen and oxygen atoms in total. The number of rotatable bonds is 3. The Morgan fingerprint density at radius 3 is 2.64 bits per heavy atom. The summed E-state index contributed by atoms with van der Waals surface area (Å²) in [6.07, 6.45) is 0.341. The molecule has 7 heteroatoms. The highest BCUT2D eigenvalue weighted by molar-refractivity contribution is 5.87. The standard InChI is InChI=1S/C18H16N3O4/c22-18(23)14-9-12-10-5-1-3-7-13(10)19-17(12)16(20-14)11-6-2-4-8-15(11)21(24)25/h1-8,14,16,19-20,24H,9H2,(H,22,23)/q-1. The summed E-state index contributed by atoms with van der Waals surface area (Å²) >= 11 is 0. The Morgan fingerprint density at radius 1 is 1.16 bits per heavy atom. The van der Waals surface area contributed by atoms with Gasteiger partial charge in [0.1, 0.15) is 6.04 Å². The second-order valence-corrected chi connectivity index (χ2v) is 6.09. The normalized spacial score (nSPS) is 19.6. The molecule has 2 atom stereocenters. The van der Waals surface area contributed by atoms with Gasteiger partial charge in [-0.2, -0.15) is 0 Å². The molecule has 0 amide bonds. The van der Waals surface area contributed by atoms with E-state index in [1.54, 1.807) is 18.2 Å². The fourth-order valence-corrected chi connectivity index (χ4v) is 3.54. The van der Waals surface area contributed by atoms with Crippen molar-refractivity contribution in [2.75, 3.05) is 5.23 Å². The average molecular weight is 338 g/mol. The number of aromatic amines is 1. The van der Waals surface area contributed by atoms with Gasteiger partial charge in [0.15, 0.2) is 0 Å². The fraction of sp³-hybridized carbons (Fsp3) is 0.167. The zero-order valence-corrected chi connectivity index (χ0v) is 13.1. The molecule has 4 rings (SSSR count). The van der Waals surface area contributed by atoms with E-state index in [4.69, 9.17) is 0 Å². The van der Waals surface area contributed by atoms with Crippen molar-refractivity contribution in [3.05, 3.63) is 70.6 Å². The summed E-state index contributed by atoms with van der Waals surface area (Å²) in [5, 5.41) is 34.3. The van der Waals surface area contributed by atoms with Crippen LogP contribution in [-0.2, 0) is 11.2 Å². The van der Waals surface area contributed by atoms with Crippen LogP contribution in [0.3, 0.4) is 0 Å². The summed E-state index contributed by atoms with van der Waals surface area (Å²) in [5.41, 5.74) is 3.23. The first-order valence-corrected chi connectivity index (χ1v) is 7.89. The quantitative estimate of drug-likeness (QED) is 0.546. The Morgan fingerprint density at radius 2 is 1.88 bits per heavy atom. The summed E-state index contributed by atoms with van der Waals surface area (Å²) in [4.78, 5) is 15.0. The number of carboxylic acids is 1. The van der Waals surface area contributed by atoms with Gasteiger partial charge in [-0.1, -0.05) is 36.4 Å². The summed E-state index contributed by atoms with van der Waals surface area (Å²) < 4.78 is 0. The van der Waals surface area contributed by atoms with Gasteiger partial charge < -0.3 is 20.5 Å². The minimum atomic E-state index is -0.957. The number of fused-ring (bicyclic) bond motifs is 3. The molecule has 0 saturated heterocycles. The molecule has 128 valence electrons. The summed E-state index contributed by atoms with van der Waals surface area (Å²) in [6, 6.07) is 12.9. The molecular weight excluding hydrogens is 322 g/mol.